The van der Waals surface area contributed by atoms with Gasteiger partial charge in [0.2, 0.25) is 5.91 Å². The maximum Gasteiger partial charge on any atom is 0.417 e. The molecule has 1 amide bonds. The number of nitrogens with zero attached hydrogens (tertiary/aromatic N) is 2. The van der Waals surface area contributed by atoms with Crippen molar-refractivity contribution in [1.82, 2.24) is 9.55 Å². The van der Waals surface area contributed by atoms with Gasteiger partial charge in [0.05, 0.1) is 23.2 Å². The van der Waals surface area contributed by atoms with E-state index in [0.717, 1.165) is 18.2 Å². The minimum Gasteiger partial charge on any atom is -0.371 e. The predicted octanol–water partition coefficient (Wildman–Crippen LogP) is 4.83. The van der Waals surface area contributed by atoms with E-state index in [2.05, 4.69) is 15.6 Å². The number of rotatable bonds is 4. The molecule has 0 radical (unpaired) electrons. The molecule has 2 heterocycles. The first kappa shape index (κ1) is 21.5. The van der Waals surface area contributed by atoms with Gasteiger partial charge in [0.15, 0.2) is 0 Å². The fraction of sp³-hybridized carbons (Fsp3) is 0.263. The first-order chi connectivity index (χ1) is 13.9. The van der Waals surface area contributed by atoms with Gasteiger partial charge in [0.1, 0.15) is 5.82 Å². The van der Waals surface area contributed by atoms with E-state index in [1.165, 1.54) is 19.2 Å². The van der Waals surface area contributed by atoms with Crippen molar-refractivity contribution >= 4 is 28.3 Å². The molecule has 30 heavy (non-hydrogen) atoms. The molecule has 0 aliphatic carbocycles. The Balaban J connectivity index is 1.86. The number of fused-ring (bicyclic) bond motifs is 1. The molecule has 0 fully saturated rings. The SMILES string of the molecule is CNc1ncc(C(F)(F)F)cc1NC(=O)Cc1cc2cc(C(F)(F)F)ccc2n1C. The minimum atomic E-state index is -4.63. The van der Waals surface area contributed by atoms with Gasteiger partial charge in [-0.15, -0.1) is 0 Å². The van der Waals surface area contributed by atoms with Crippen LogP contribution in [0.5, 0.6) is 0 Å². The average Bonchev–Trinajstić information content (AvgIpc) is 2.95. The number of amides is 1. The fourth-order valence-electron chi connectivity index (χ4n) is 3.03. The van der Waals surface area contributed by atoms with E-state index < -0.39 is 29.4 Å². The number of aromatic nitrogens is 2. The number of benzene rings is 1. The number of anilines is 2. The quantitative estimate of drug-likeness (QED) is 0.583. The topological polar surface area (TPSA) is 59.0 Å². The number of nitrogens with one attached hydrogen (secondary N) is 2. The van der Waals surface area contributed by atoms with Gasteiger partial charge in [0.25, 0.3) is 0 Å². The van der Waals surface area contributed by atoms with E-state index in [9.17, 15) is 31.1 Å². The first-order valence-electron chi connectivity index (χ1n) is 8.60. The van der Waals surface area contributed by atoms with Crippen molar-refractivity contribution in [3.8, 4) is 0 Å². The van der Waals surface area contributed by atoms with Crippen molar-refractivity contribution in [2.45, 2.75) is 18.8 Å². The van der Waals surface area contributed by atoms with Crippen molar-refractivity contribution in [3.63, 3.8) is 0 Å². The third kappa shape index (κ3) is 4.34. The van der Waals surface area contributed by atoms with E-state index >= 15 is 0 Å². The molecule has 0 bridgehead atoms. The molecule has 3 rings (SSSR count). The first-order valence-corrected chi connectivity index (χ1v) is 8.60. The van der Waals surface area contributed by atoms with Gasteiger partial charge in [-0.25, -0.2) is 4.98 Å². The highest BCUT2D eigenvalue weighted by atomic mass is 19.4. The second-order valence-corrected chi connectivity index (χ2v) is 6.56. The van der Waals surface area contributed by atoms with Gasteiger partial charge in [-0.3, -0.25) is 4.79 Å². The number of carbonyl (C=O) groups is 1. The standard InChI is InChI=1S/C19H16F6N4O/c1-26-17-14(7-12(9-27-17)19(23,24)25)28-16(30)8-13-6-10-5-11(18(20,21)22)3-4-15(10)29(13)2/h3-7,9H,8H2,1-2H3,(H,26,27)(H,28,30). The average molecular weight is 430 g/mol. The summed E-state index contributed by atoms with van der Waals surface area (Å²) in [6, 6.07) is 5.42. The zero-order valence-corrected chi connectivity index (χ0v) is 15.7. The molecule has 160 valence electrons. The molecule has 0 spiro atoms. The Bertz CT molecular complexity index is 1100. The van der Waals surface area contributed by atoms with Crippen molar-refractivity contribution in [2.24, 2.45) is 7.05 Å². The molecule has 1 aromatic carbocycles. The number of aryl methyl sites for hydroxylation is 1. The van der Waals surface area contributed by atoms with E-state index in [0.29, 0.717) is 22.8 Å². The highest BCUT2D eigenvalue weighted by Gasteiger charge is 2.32. The molecule has 0 aliphatic rings. The van der Waals surface area contributed by atoms with E-state index in [1.54, 1.807) is 11.6 Å². The van der Waals surface area contributed by atoms with Gasteiger partial charge < -0.3 is 15.2 Å². The van der Waals surface area contributed by atoms with Crippen LogP contribution in [-0.2, 0) is 30.6 Å². The molecule has 11 heteroatoms. The van der Waals surface area contributed by atoms with E-state index in [1.807, 2.05) is 0 Å². The van der Waals surface area contributed by atoms with Crippen LogP contribution < -0.4 is 10.6 Å². The Kier molecular flexibility index (Phi) is 5.40. The number of carbonyl (C=O) groups excluding carboxylic acids is 1. The second-order valence-electron chi connectivity index (χ2n) is 6.56. The Morgan fingerprint density at radius 1 is 1.03 bits per heavy atom. The number of halogens is 6. The molecular formula is C19H16F6N4O. The predicted molar refractivity (Wildman–Crippen MR) is 99.0 cm³/mol. The van der Waals surface area contributed by atoms with Crippen molar-refractivity contribution in [2.75, 3.05) is 17.7 Å². The molecular weight excluding hydrogens is 414 g/mol. The van der Waals surface area contributed by atoms with E-state index in [4.69, 9.17) is 0 Å². The molecule has 3 aromatic rings. The van der Waals surface area contributed by atoms with Crippen molar-refractivity contribution in [3.05, 3.63) is 53.3 Å². The number of hydrogen-bond donors (Lipinski definition) is 2. The number of pyridine rings is 1. The van der Waals surface area contributed by atoms with Crippen LogP contribution in [0.25, 0.3) is 10.9 Å². The van der Waals surface area contributed by atoms with Gasteiger partial charge in [-0.1, -0.05) is 0 Å². The molecule has 0 saturated heterocycles. The van der Waals surface area contributed by atoms with Crippen LogP contribution in [-0.4, -0.2) is 22.5 Å². The fourth-order valence-corrected chi connectivity index (χ4v) is 3.03. The summed E-state index contributed by atoms with van der Waals surface area (Å²) in [6.45, 7) is 0. The summed E-state index contributed by atoms with van der Waals surface area (Å²) in [5.74, 6) is -0.599. The monoisotopic (exact) mass is 430 g/mol. The third-order valence-corrected chi connectivity index (χ3v) is 4.54. The Morgan fingerprint density at radius 2 is 1.70 bits per heavy atom. The van der Waals surface area contributed by atoms with Crippen LogP contribution in [0, 0.1) is 0 Å². The maximum absolute atomic E-state index is 12.9. The molecule has 5 nitrogen and oxygen atoms in total. The largest absolute Gasteiger partial charge is 0.417 e. The molecule has 0 unspecified atom stereocenters. The van der Waals surface area contributed by atoms with Crippen LogP contribution in [0.15, 0.2) is 36.5 Å². The summed E-state index contributed by atoms with van der Waals surface area (Å²) in [6.07, 6.45) is -8.75. The molecule has 2 N–H and O–H groups in total. The zero-order valence-electron chi connectivity index (χ0n) is 15.7. The maximum atomic E-state index is 12.9. The normalized spacial score (nSPS) is 12.3. The van der Waals surface area contributed by atoms with Crippen LogP contribution >= 0.6 is 0 Å². The van der Waals surface area contributed by atoms with Crippen molar-refractivity contribution < 1.29 is 31.1 Å². The lowest BCUT2D eigenvalue weighted by Gasteiger charge is -2.13. The lowest BCUT2D eigenvalue weighted by molar-refractivity contribution is -0.138. The summed E-state index contributed by atoms with van der Waals surface area (Å²) in [4.78, 5) is 16.1. The second kappa shape index (κ2) is 7.54. The van der Waals surface area contributed by atoms with Crippen LogP contribution in [0.2, 0.25) is 0 Å². The summed E-state index contributed by atoms with van der Waals surface area (Å²) in [7, 11) is 3.02. The Hall–Kier alpha value is -3.24. The third-order valence-electron chi connectivity index (χ3n) is 4.54. The molecule has 0 saturated carbocycles. The van der Waals surface area contributed by atoms with E-state index in [-0.39, 0.29) is 17.9 Å². The minimum absolute atomic E-state index is 0.0446. The highest BCUT2D eigenvalue weighted by molar-refractivity contribution is 5.95. The lowest BCUT2D eigenvalue weighted by Crippen LogP contribution is -2.18. The Labute approximate surface area is 166 Å². The van der Waals surface area contributed by atoms with Crippen molar-refractivity contribution in [1.29, 1.82) is 0 Å². The van der Waals surface area contributed by atoms with Gasteiger partial charge >= 0.3 is 12.4 Å². The molecule has 0 atom stereocenters. The molecule has 2 aromatic heterocycles. The summed E-state index contributed by atoms with van der Waals surface area (Å²) < 4.78 is 79.0. The van der Waals surface area contributed by atoms with Gasteiger partial charge in [-0.05, 0) is 30.3 Å². The molecule has 0 aliphatic heterocycles. The van der Waals surface area contributed by atoms with Gasteiger partial charge in [-0.2, -0.15) is 26.3 Å². The van der Waals surface area contributed by atoms with Crippen LogP contribution in [0.4, 0.5) is 37.8 Å². The Morgan fingerprint density at radius 3 is 2.30 bits per heavy atom. The summed E-state index contributed by atoms with van der Waals surface area (Å²) in [5, 5.41) is 5.26. The highest BCUT2D eigenvalue weighted by Crippen LogP contribution is 2.34. The number of alkyl halides is 6. The van der Waals surface area contributed by atoms with Gasteiger partial charge in [0, 0.05) is 36.9 Å². The summed E-state index contributed by atoms with van der Waals surface area (Å²) in [5.41, 5.74) is -1.11. The zero-order chi connectivity index (χ0) is 22.3. The smallest absolute Gasteiger partial charge is 0.371 e. The number of hydrogen-bond acceptors (Lipinski definition) is 3. The summed E-state index contributed by atoms with van der Waals surface area (Å²) >= 11 is 0. The lowest BCUT2D eigenvalue weighted by atomic mass is 10.1. The van der Waals surface area contributed by atoms with Crippen LogP contribution in [0.3, 0.4) is 0 Å². The van der Waals surface area contributed by atoms with Crippen LogP contribution in [0.1, 0.15) is 16.8 Å².